The highest BCUT2D eigenvalue weighted by Crippen LogP contribution is 2.15. The van der Waals surface area contributed by atoms with Crippen LogP contribution in [-0.4, -0.2) is 23.7 Å². The average molecular weight is 378 g/mol. The Morgan fingerprint density at radius 2 is 1.87 bits per heavy atom. The third-order valence-electron chi connectivity index (χ3n) is 2.69. The van der Waals surface area contributed by atoms with Crippen LogP contribution in [0.1, 0.15) is 5.56 Å². The molecule has 8 heteroatoms. The van der Waals surface area contributed by atoms with Crippen molar-refractivity contribution in [1.82, 2.24) is 5.43 Å². The van der Waals surface area contributed by atoms with E-state index in [2.05, 4.69) is 26.5 Å². The summed E-state index contributed by atoms with van der Waals surface area (Å²) < 4.78 is 6.20. The van der Waals surface area contributed by atoms with Crippen LogP contribution in [0.25, 0.3) is 0 Å². The fourth-order valence-electron chi connectivity index (χ4n) is 1.57. The SMILES string of the molecule is O=C(COc1ccc(Br)cc1)NN=Cc1ccc([N+](=O)[O-])cc1. The van der Waals surface area contributed by atoms with Crippen molar-refractivity contribution in [2.75, 3.05) is 6.61 Å². The minimum atomic E-state index is -0.484. The van der Waals surface area contributed by atoms with E-state index in [0.717, 1.165) is 4.47 Å². The molecule has 0 aliphatic carbocycles. The number of rotatable bonds is 6. The third kappa shape index (κ3) is 5.51. The predicted octanol–water partition coefficient (Wildman–Crippen LogP) is 2.89. The van der Waals surface area contributed by atoms with Gasteiger partial charge in [0.05, 0.1) is 11.1 Å². The molecule has 0 saturated heterocycles. The van der Waals surface area contributed by atoms with Gasteiger partial charge in [-0.2, -0.15) is 5.10 Å². The maximum absolute atomic E-state index is 11.6. The first-order valence-corrected chi connectivity index (χ1v) is 7.28. The lowest BCUT2D eigenvalue weighted by atomic mass is 10.2. The Morgan fingerprint density at radius 1 is 1.22 bits per heavy atom. The van der Waals surface area contributed by atoms with Crippen LogP contribution in [-0.2, 0) is 4.79 Å². The quantitative estimate of drug-likeness (QED) is 0.475. The monoisotopic (exact) mass is 377 g/mol. The molecule has 0 heterocycles. The summed E-state index contributed by atoms with van der Waals surface area (Å²) in [5.74, 6) is 0.161. The van der Waals surface area contributed by atoms with E-state index in [1.807, 2.05) is 0 Å². The van der Waals surface area contributed by atoms with Gasteiger partial charge in [0.2, 0.25) is 0 Å². The highest BCUT2D eigenvalue weighted by molar-refractivity contribution is 9.10. The molecule has 0 aromatic heterocycles. The fourth-order valence-corrected chi connectivity index (χ4v) is 1.84. The standard InChI is InChI=1S/C15H12BrN3O4/c16-12-3-7-14(8-4-12)23-10-15(20)18-17-9-11-1-5-13(6-2-11)19(21)22/h1-9H,10H2,(H,18,20). The second kappa shape index (κ2) is 8.04. The van der Waals surface area contributed by atoms with Crippen LogP contribution in [0.5, 0.6) is 5.75 Å². The van der Waals surface area contributed by atoms with E-state index in [1.165, 1.54) is 30.5 Å². The van der Waals surface area contributed by atoms with E-state index in [0.29, 0.717) is 11.3 Å². The van der Waals surface area contributed by atoms with Gasteiger partial charge in [-0.15, -0.1) is 0 Å². The number of halogens is 1. The molecule has 1 N–H and O–H groups in total. The number of hydrogen-bond donors (Lipinski definition) is 1. The van der Waals surface area contributed by atoms with Gasteiger partial charge in [-0.3, -0.25) is 14.9 Å². The van der Waals surface area contributed by atoms with E-state index >= 15 is 0 Å². The first-order valence-electron chi connectivity index (χ1n) is 6.49. The summed E-state index contributed by atoms with van der Waals surface area (Å²) in [6.07, 6.45) is 1.39. The molecule has 0 bridgehead atoms. The Morgan fingerprint density at radius 3 is 2.48 bits per heavy atom. The molecule has 0 radical (unpaired) electrons. The van der Waals surface area contributed by atoms with E-state index in [9.17, 15) is 14.9 Å². The lowest BCUT2D eigenvalue weighted by molar-refractivity contribution is -0.384. The largest absolute Gasteiger partial charge is 0.484 e. The Balaban J connectivity index is 1.79. The minimum Gasteiger partial charge on any atom is -0.484 e. The predicted molar refractivity (Wildman–Crippen MR) is 88.5 cm³/mol. The van der Waals surface area contributed by atoms with Crippen LogP contribution < -0.4 is 10.2 Å². The van der Waals surface area contributed by atoms with Crippen molar-refractivity contribution in [3.05, 3.63) is 68.7 Å². The molecular weight excluding hydrogens is 366 g/mol. The van der Waals surface area contributed by atoms with Gasteiger partial charge in [-0.05, 0) is 42.0 Å². The van der Waals surface area contributed by atoms with Gasteiger partial charge < -0.3 is 4.74 Å². The van der Waals surface area contributed by atoms with Crippen molar-refractivity contribution in [3.8, 4) is 5.75 Å². The van der Waals surface area contributed by atoms with Gasteiger partial charge in [0, 0.05) is 16.6 Å². The van der Waals surface area contributed by atoms with Crippen LogP contribution in [0, 0.1) is 10.1 Å². The zero-order valence-corrected chi connectivity index (χ0v) is 13.4. The van der Waals surface area contributed by atoms with Gasteiger partial charge in [0.15, 0.2) is 6.61 Å². The van der Waals surface area contributed by atoms with Crippen molar-refractivity contribution in [3.63, 3.8) is 0 Å². The summed E-state index contributed by atoms with van der Waals surface area (Å²) in [4.78, 5) is 21.6. The number of nitrogens with zero attached hydrogens (tertiary/aromatic N) is 2. The number of nitro benzene ring substituents is 1. The molecule has 0 saturated carbocycles. The van der Waals surface area contributed by atoms with Gasteiger partial charge in [0.25, 0.3) is 11.6 Å². The smallest absolute Gasteiger partial charge is 0.277 e. The molecule has 0 aliphatic rings. The van der Waals surface area contributed by atoms with Crippen LogP contribution in [0.3, 0.4) is 0 Å². The summed E-state index contributed by atoms with van der Waals surface area (Å²) in [6.45, 7) is -0.167. The van der Waals surface area contributed by atoms with E-state index in [-0.39, 0.29) is 12.3 Å². The Kier molecular flexibility index (Phi) is 5.81. The lowest BCUT2D eigenvalue weighted by Gasteiger charge is -2.04. The zero-order valence-electron chi connectivity index (χ0n) is 11.8. The number of hydrazone groups is 1. The van der Waals surface area contributed by atoms with Crippen LogP contribution in [0.15, 0.2) is 58.1 Å². The molecule has 118 valence electrons. The molecule has 1 amide bonds. The van der Waals surface area contributed by atoms with Crippen molar-refractivity contribution in [2.24, 2.45) is 5.10 Å². The number of benzene rings is 2. The normalized spacial score (nSPS) is 10.5. The third-order valence-corrected chi connectivity index (χ3v) is 3.22. The zero-order chi connectivity index (χ0) is 16.7. The van der Waals surface area contributed by atoms with Crippen molar-refractivity contribution < 1.29 is 14.5 Å². The number of hydrogen-bond acceptors (Lipinski definition) is 5. The number of amides is 1. The molecule has 2 rings (SSSR count). The second-order valence-corrected chi connectivity index (χ2v) is 5.30. The Bertz CT molecular complexity index is 715. The summed E-state index contributed by atoms with van der Waals surface area (Å²) in [5.41, 5.74) is 2.94. The van der Waals surface area contributed by atoms with Gasteiger partial charge in [0.1, 0.15) is 5.75 Å². The number of carbonyl (C=O) groups excluding carboxylic acids is 1. The average Bonchev–Trinajstić information content (AvgIpc) is 2.55. The number of carbonyl (C=O) groups is 1. The van der Waals surface area contributed by atoms with Gasteiger partial charge in [-0.1, -0.05) is 15.9 Å². The summed E-state index contributed by atoms with van der Waals surface area (Å²) in [6, 6.07) is 12.9. The summed E-state index contributed by atoms with van der Waals surface area (Å²) in [5, 5.41) is 14.3. The molecule has 0 fully saturated rings. The second-order valence-electron chi connectivity index (χ2n) is 4.38. The van der Waals surface area contributed by atoms with Crippen molar-refractivity contribution >= 4 is 33.7 Å². The molecule has 0 unspecified atom stereocenters. The minimum absolute atomic E-state index is 0.00548. The topological polar surface area (TPSA) is 93.8 Å². The first kappa shape index (κ1) is 16.6. The Labute approximate surface area is 140 Å². The van der Waals surface area contributed by atoms with E-state index in [1.54, 1.807) is 24.3 Å². The molecular formula is C15H12BrN3O4. The van der Waals surface area contributed by atoms with Crippen LogP contribution in [0.4, 0.5) is 5.69 Å². The number of ether oxygens (including phenoxy) is 1. The molecule has 0 spiro atoms. The highest BCUT2D eigenvalue weighted by Gasteiger charge is 2.03. The fraction of sp³-hybridized carbons (Fsp3) is 0.0667. The number of non-ortho nitro benzene ring substituents is 1. The molecule has 0 aliphatic heterocycles. The van der Waals surface area contributed by atoms with E-state index in [4.69, 9.17) is 4.74 Å². The maximum atomic E-state index is 11.6. The first-order chi connectivity index (χ1) is 11.0. The maximum Gasteiger partial charge on any atom is 0.277 e. The van der Waals surface area contributed by atoms with E-state index < -0.39 is 10.8 Å². The summed E-state index contributed by atoms with van der Waals surface area (Å²) in [7, 11) is 0. The molecule has 2 aromatic rings. The van der Waals surface area contributed by atoms with Crippen LogP contribution >= 0.6 is 15.9 Å². The lowest BCUT2D eigenvalue weighted by Crippen LogP contribution is -2.24. The molecule has 23 heavy (non-hydrogen) atoms. The molecule has 2 aromatic carbocycles. The van der Waals surface area contributed by atoms with Crippen molar-refractivity contribution in [1.29, 1.82) is 0 Å². The Hall–Kier alpha value is -2.74. The summed E-state index contributed by atoms with van der Waals surface area (Å²) >= 11 is 3.30. The van der Waals surface area contributed by atoms with Crippen LogP contribution in [0.2, 0.25) is 0 Å². The number of nitro groups is 1. The molecule has 7 nitrogen and oxygen atoms in total. The number of nitrogens with one attached hydrogen (secondary N) is 1. The van der Waals surface area contributed by atoms with Gasteiger partial charge >= 0.3 is 0 Å². The highest BCUT2D eigenvalue weighted by atomic mass is 79.9. The van der Waals surface area contributed by atoms with Gasteiger partial charge in [-0.25, -0.2) is 5.43 Å². The molecule has 0 atom stereocenters. The van der Waals surface area contributed by atoms with Crippen molar-refractivity contribution in [2.45, 2.75) is 0 Å².